The van der Waals surface area contributed by atoms with Crippen LogP contribution in [-0.2, 0) is 9.53 Å². The number of alkyl halides is 3. The summed E-state index contributed by atoms with van der Waals surface area (Å²) in [6.45, 7) is 2.05. The van der Waals surface area contributed by atoms with Crippen molar-refractivity contribution < 1.29 is 36.6 Å². The lowest BCUT2D eigenvalue weighted by molar-refractivity contribution is -0.262. The van der Waals surface area contributed by atoms with Crippen molar-refractivity contribution >= 4 is 5.97 Å². The van der Waals surface area contributed by atoms with Crippen LogP contribution in [-0.4, -0.2) is 32.0 Å². The fourth-order valence-electron chi connectivity index (χ4n) is 2.76. The van der Waals surface area contributed by atoms with Gasteiger partial charge in [0, 0.05) is 11.5 Å². The van der Waals surface area contributed by atoms with Crippen molar-refractivity contribution in [3.63, 3.8) is 0 Å². The Labute approximate surface area is 130 Å². The van der Waals surface area contributed by atoms with Crippen LogP contribution < -0.4 is 9.47 Å². The zero-order chi connectivity index (χ0) is 17.6. The number of carbonyl (C=O) groups is 1. The third kappa shape index (κ3) is 2.49. The Morgan fingerprint density at radius 1 is 1.22 bits per heavy atom. The lowest BCUT2D eigenvalue weighted by Crippen LogP contribution is -2.46. The van der Waals surface area contributed by atoms with Crippen molar-refractivity contribution in [1.82, 2.24) is 0 Å². The van der Waals surface area contributed by atoms with Gasteiger partial charge in [0.25, 0.3) is 0 Å². The van der Waals surface area contributed by atoms with Gasteiger partial charge in [-0.2, -0.15) is 17.6 Å². The van der Waals surface area contributed by atoms with E-state index in [9.17, 15) is 22.4 Å². The van der Waals surface area contributed by atoms with E-state index in [2.05, 4.69) is 4.74 Å². The molecule has 0 aromatic heterocycles. The molecule has 1 aliphatic heterocycles. The Morgan fingerprint density at radius 2 is 1.83 bits per heavy atom. The average molecular weight is 336 g/mol. The summed E-state index contributed by atoms with van der Waals surface area (Å²) in [6, 6.07) is 2.54. The summed E-state index contributed by atoms with van der Waals surface area (Å²) < 4.78 is 68.3. The fraction of sp³-hybridized carbons (Fsp3) is 0.533. The van der Waals surface area contributed by atoms with E-state index in [-0.39, 0.29) is 17.1 Å². The van der Waals surface area contributed by atoms with E-state index in [1.807, 2.05) is 0 Å². The number of benzene rings is 1. The first-order chi connectivity index (χ1) is 10.6. The topological polar surface area (TPSA) is 44.8 Å². The number of halogens is 4. The highest BCUT2D eigenvalue weighted by Crippen LogP contribution is 2.52. The summed E-state index contributed by atoms with van der Waals surface area (Å²) in [5, 5.41) is 0. The lowest BCUT2D eigenvalue weighted by atomic mass is 9.79. The maximum atomic E-state index is 14.2. The van der Waals surface area contributed by atoms with Crippen molar-refractivity contribution in [3.05, 3.63) is 23.5 Å². The number of hydrogen-bond donors (Lipinski definition) is 0. The largest absolute Gasteiger partial charge is 0.494 e. The SMILES string of the molecule is COc1ccc([C@H]2C(=O)O[C@@](C)(C(F)(F)F)[C@H]2C)c(OC)c1F. The number of esters is 1. The zero-order valence-corrected chi connectivity index (χ0v) is 13.0. The molecule has 1 heterocycles. The molecule has 23 heavy (non-hydrogen) atoms. The van der Waals surface area contributed by atoms with Crippen LogP contribution in [0.4, 0.5) is 17.6 Å². The zero-order valence-electron chi connectivity index (χ0n) is 13.0. The maximum Gasteiger partial charge on any atom is 0.428 e. The Morgan fingerprint density at radius 3 is 2.26 bits per heavy atom. The molecule has 2 rings (SSSR count). The minimum Gasteiger partial charge on any atom is -0.494 e. The molecule has 0 amide bonds. The molecule has 4 nitrogen and oxygen atoms in total. The van der Waals surface area contributed by atoms with Crippen LogP contribution in [0.3, 0.4) is 0 Å². The van der Waals surface area contributed by atoms with Crippen molar-refractivity contribution in [2.24, 2.45) is 5.92 Å². The lowest BCUT2D eigenvalue weighted by Gasteiger charge is -2.30. The first-order valence-electron chi connectivity index (χ1n) is 6.78. The molecular weight excluding hydrogens is 320 g/mol. The molecular formula is C15H16F4O4. The molecule has 0 radical (unpaired) electrons. The maximum absolute atomic E-state index is 14.2. The van der Waals surface area contributed by atoms with Crippen molar-refractivity contribution in [3.8, 4) is 11.5 Å². The van der Waals surface area contributed by atoms with Gasteiger partial charge < -0.3 is 14.2 Å². The van der Waals surface area contributed by atoms with Gasteiger partial charge in [0.05, 0.1) is 20.1 Å². The molecule has 1 aliphatic rings. The van der Waals surface area contributed by atoms with Crippen LogP contribution in [0.15, 0.2) is 12.1 Å². The normalized spacial score (nSPS) is 27.7. The van der Waals surface area contributed by atoms with Crippen LogP contribution in [0.25, 0.3) is 0 Å². The van der Waals surface area contributed by atoms with E-state index in [0.717, 1.165) is 14.0 Å². The summed E-state index contributed by atoms with van der Waals surface area (Å²) >= 11 is 0. The Balaban J connectivity index is 2.55. The second-order valence-electron chi connectivity index (χ2n) is 5.50. The van der Waals surface area contributed by atoms with Crippen molar-refractivity contribution in [2.75, 3.05) is 14.2 Å². The van der Waals surface area contributed by atoms with Crippen LogP contribution in [0, 0.1) is 11.7 Å². The Hall–Kier alpha value is -1.99. The Bertz CT molecular complexity index is 629. The van der Waals surface area contributed by atoms with Crippen LogP contribution in [0.2, 0.25) is 0 Å². The molecule has 3 atom stereocenters. The minimum absolute atomic E-state index is 0.00345. The predicted molar refractivity (Wildman–Crippen MR) is 72.0 cm³/mol. The number of rotatable bonds is 3. The number of cyclic esters (lactones) is 1. The minimum atomic E-state index is -4.74. The van der Waals surface area contributed by atoms with Crippen LogP contribution >= 0.6 is 0 Å². The molecule has 1 aromatic carbocycles. The molecule has 0 aliphatic carbocycles. The molecule has 0 spiro atoms. The number of methoxy groups -OCH3 is 2. The predicted octanol–water partition coefficient (Wildman–Crippen LogP) is 3.44. The summed E-state index contributed by atoms with van der Waals surface area (Å²) in [5.74, 6) is -4.96. The fourth-order valence-corrected chi connectivity index (χ4v) is 2.76. The van der Waals surface area contributed by atoms with E-state index in [0.29, 0.717) is 0 Å². The van der Waals surface area contributed by atoms with Gasteiger partial charge in [0.2, 0.25) is 11.4 Å². The van der Waals surface area contributed by atoms with Gasteiger partial charge in [0.1, 0.15) is 0 Å². The quantitative estimate of drug-likeness (QED) is 0.627. The molecule has 0 unspecified atom stereocenters. The molecule has 8 heteroatoms. The second kappa shape index (κ2) is 5.58. The molecule has 1 saturated heterocycles. The van der Waals surface area contributed by atoms with Gasteiger partial charge in [-0.25, -0.2) is 0 Å². The van der Waals surface area contributed by atoms with E-state index in [1.165, 1.54) is 26.2 Å². The summed E-state index contributed by atoms with van der Waals surface area (Å²) in [4.78, 5) is 12.0. The summed E-state index contributed by atoms with van der Waals surface area (Å²) in [5.41, 5.74) is -2.65. The van der Waals surface area contributed by atoms with Gasteiger partial charge >= 0.3 is 12.1 Å². The molecule has 1 aromatic rings. The van der Waals surface area contributed by atoms with Gasteiger partial charge in [-0.3, -0.25) is 4.79 Å². The van der Waals surface area contributed by atoms with Gasteiger partial charge in [0.15, 0.2) is 11.5 Å². The molecule has 0 saturated carbocycles. The highest BCUT2D eigenvalue weighted by atomic mass is 19.4. The van der Waals surface area contributed by atoms with E-state index in [1.54, 1.807) is 0 Å². The highest BCUT2D eigenvalue weighted by molar-refractivity contribution is 5.83. The van der Waals surface area contributed by atoms with Crippen molar-refractivity contribution in [2.45, 2.75) is 31.5 Å². The van der Waals surface area contributed by atoms with E-state index >= 15 is 0 Å². The van der Waals surface area contributed by atoms with E-state index < -0.39 is 35.4 Å². The smallest absolute Gasteiger partial charge is 0.428 e. The van der Waals surface area contributed by atoms with E-state index in [4.69, 9.17) is 9.47 Å². The summed E-state index contributed by atoms with van der Waals surface area (Å²) in [6.07, 6.45) is -4.74. The monoisotopic (exact) mass is 336 g/mol. The third-order valence-corrected chi connectivity index (χ3v) is 4.35. The number of ether oxygens (including phenoxy) is 3. The molecule has 1 fully saturated rings. The highest BCUT2D eigenvalue weighted by Gasteiger charge is 2.65. The molecule has 128 valence electrons. The Kier molecular flexibility index (Phi) is 4.21. The third-order valence-electron chi connectivity index (χ3n) is 4.35. The number of hydrogen-bond acceptors (Lipinski definition) is 4. The number of carbonyl (C=O) groups excluding carboxylic acids is 1. The van der Waals surface area contributed by atoms with Crippen LogP contribution in [0.1, 0.15) is 25.3 Å². The van der Waals surface area contributed by atoms with Gasteiger partial charge in [-0.15, -0.1) is 0 Å². The standard InChI is InChI=1S/C15H16F4O4/c1-7-10(13(20)23-14(7,2)15(17,18)19)8-5-6-9(21-3)11(16)12(8)22-4/h5-7,10H,1-4H3/t7-,10-,14+/m0/s1. The van der Waals surface area contributed by atoms with Gasteiger partial charge in [-0.1, -0.05) is 13.0 Å². The molecule has 0 N–H and O–H groups in total. The van der Waals surface area contributed by atoms with Crippen LogP contribution in [0.5, 0.6) is 11.5 Å². The first kappa shape index (κ1) is 17.4. The van der Waals surface area contributed by atoms with Crippen molar-refractivity contribution in [1.29, 1.82) is 0 Å². The second-order valence-corrected chi connectivity index (χ2v) is 5.50. The summed E-state index contributed by atoms with van der Waals surface area (Å²) in [7, 11) is 2.40. The average Bonchev–Trinajstić information content (AvgIpc) is 2.69. The van der Waals surface area contributed by atoms with Gasteiger partial charge in [-0.05, 0) is 13.0 Å². The molecule has 0 bridgehead atoms. The first-order valence-corrected chi connectivity index (χ1v) is 6.78.